The fourth-order valence-electron chi connectivity index (χ4n) is 4.46. The monoisotopic (exact) mass is 302 g/mol. The number of aromatic hydroxyl groups is 1. The van der Waals surface area contributed by atoms with Crippen LogP contribution >= 0.6 is 11.6 Å². The molecule has 0 heterocycles. The maximum atomic E-state index is 9.82. The van der Waals surface area contributed by atoms with Crippen molar-refractivity contribution in [2.24, 2.45) is 11.8 Å². The van der Waals surface area contributed by atoms with Crippen LogP contribution in [0.2, 0.25) is 5.02 Å². The lowest BCUT2D eigenvalue weighted by molar-refractivity contribution is 0.127. The third-order valence-electron chi connectivity index (χ3n) is 5.06. The summed E-state index contributed by atoms with van der Waals surface area (Å²) in [5.41, 5.74) is 5.33. The highest BCUT2D eigenvalue weighted by atomic mass is 35.5. The van der Waals surface area contributed by atoms with Gasteiger partial charge < -0.3 is 9.84 Å². The van der Waals surface area contributed by atoms with Crippen molar-refractivity contribution in [2.45, 2.75) is 31.8 Å². The van der Waals surface area contributed by atoms with E-state index in [-0.39, 0.29) is 11.9 Å². The normalized spacial score (nSPS) is 28.0. The van der Waals surface area contributed by atoms with E-state index in [9.17, 15) is 5.11 Å². The lowest BCUT2D eigenvalue weighted by atomic mass is 9.62. The first-order chi connectivity index (χ1) is 10.1. The van der Waals surface area contributed by atoms with Crippen molar-refractivity contribution < 1.29 is 9.84 Å². The van der Waals surface area contributed by atoms with Gasteiger partial charge in [-0.25, -0.2) is 0 Å². The number of phenols is 1. The fraction of sp³-hybridized carbons (Fsp3) is 0.444. The number of allylic oxidation sites excluding steroid dienone is 2. The van der Waals surface area contributed by atoms with Crippen LogP contribution in [0.5, 0.6) is 5.75 Å². The van der Waals surface area contributed by atoms with Gasteiger partial charge in [0.2, 0.25) is 0 Å². The van der Waals surface area contributed by atoms with Gasteiger partial charge in [-0.05, 0) is 72.4 Å². The molecule has 5 rings (SSSR count). The molecular formula is C18H19ClO2. The van der Waals surface area contributed by atoms with Gasteiger partial charge in [-0.15, -0.1) is 0 Å². The van der Waals surface area contributed by atoms with Crippen molar-refractivity contribution in [2.75, 3.05) is 7.11 Å². The molecule has 0 saturated heterocycles. The zero-order valence-electron chi connectivity index (χ0n) is 12.1. The van der Waals surface area contributed by atoms with Crippen LogP contribution in [-0.4, -0.2) is 12.2 Å². The number of hydrogen-bond donors (Lipinski definition) is 1. The van der Waals surface area contributed by atoms with E-state index in [0.717, 1.165) is 17.4 Å². The maximum absolute atomic E-state index is 9.82. The maximum Gasteiger partial charge on any atom is 0.117 e. The van der Waals surface area contributed by atoms with E-state index in [0.29, 0.717) is 5.02 Å². The summed E-state index contributed by atoms with van der Waals surface area (Å²) >= 11 is 6.09. The average molecular weight is 303 g/mol. The zero-order valence-corrected chi connectivity index (χ0v) is 12.9. The Labute approximate surface area is 130 Å². The largest absolute Gasteiger partial charge is 0.508 e. The van der Waals surface area contributed by atoms with E-state index in [1.54, 1.807) is 24.8 Å². The molecule has 21 heavy (non-hydrogen) atoms. The van der Waals surface area contributed by atoms with Gasteiger partial charge in [-0.1, -0.05) is 23.3 Å². The average Bonchev–Trinajstić information content (AvgIpc) is 2.40. The Hall–Kier alpha value is -1.25. The van der Waals surface area contributed by atoms with Gasteiger partial charge in [0.1, 0.15) is 11.9 Å². The van der Waals surface area contributed by atoms with Crippen LogP contribution in [0.15, 0.2) is 41.0 Å². The van der Waals surface area contributed by atoms with E-state index in [1.807, 2.05) is 6.07 Å². The predicted octanol–water partition coefficient (Wildman–Crippen LogP) is 4.79. The number of benzene rings is 1. The quantitative estimate of drug-likeness (QED) is 0.870. The van der Waals surface area contributed by atoms with Crippen molar-refractivity contribution >= 4 is 11.6 Å². The van der Waals surface area contributed by atoms with E-state index < -0.39 is 0 Å². The third kappa shape index (κ3) is 2.21. The number of phenolic OH excluding ortho intramolecular Hbond substituents is 1. The topological polar surface area (TPSA) is 29.5 Å². The molecule has 3 atom stereocenters. The smallest absolute Gasteiger partial charge is 0.117 e. The molecule has 1 aromatic rings. The Kier molecular flexibility index (Phi) is 3.13. The molecule has 4 aliphatic carbocycles. The molecule has 3 heteroatoms. The van der Waals surface area contributed by atoms with E-state index in [4.69, 9.17) is 16.3 Å². The zero-order chi connectivity index (χ0) is 14.6. The molecule has 0 amide bonds. The van der Waals surface area contributed by atoms with Gasteiger partial charge in [0.25, 0.3) is 0 Å². The number of hydrogen-bond acceptors (Lipinski definition) is 2. The van der Waals surface area contributed by atoms with E-state index in [1.165, 1.54) is 36.8 Å². The fourth-order valence-corrected chi connectivity index (χ4v) is 4.70. The highest BCUT2D eigenvalue weighted by Gasteiger charge is 2.39. The standard InChI is InChI=1S/C18H19ClO2/c1-21-18(14-7-15(19)9-16(20)8-14)17-12-3-10-2-11(5-12)6-13(17)4-10/h3,7-11,18,20H,2,4-6H2,1H3. The first-order valence-corrected chi connectivity index (χ1v) is 7.97. The van der Waals surface area contributed by atoms with Crippen molar-refractivity contribution in [1.29, 1.82) is 0 Å². The summed E-state index contributed by atoms with van der Waals surface area (Å²) in [6.45, 7) is 0. The van der Waals surface area contributed by atoms with Crippen LogP contribution in [0.3, 0.4) is 0 Å². The Morgan fingerprint density at radius 1 is 1.24 bits per heavy atom. The number of halogens is 1. The predicted molar refractivity (Wildman–Crippen MR) is 83.4 cm³/mol. The van der Waals surface area contributed by atoms with Gasteiger partial charge in [-0.2, -0.15) is 0 Å². The van der Waals surface area contributed by atoms with Crippen LogP contribution in [0, 0.1) is 11.8 Å². The SMILES string of the molecule is COC(C1=C2CC3C=C1CC(C2)C3)c1cc(O)cc(Cl)c1. The Balaban J connectivity index is 1.79. The summed E-state index contributed by atoms with van der Waals surface area (Å²) in [7, 11) is 1.74. The molecule has 0 aliphatic heterocycles. The summed E-state index contributed by atoms with van der Waals surface area (Å²) in [4.78, 5) is 0. The van der Waals surface area contributed by atoms with Crippen LogP contribution in [-0.2, 0) is 4.74 Å². The molecule has 4 bridgehead atoms. The molecule has 0 aromatic heterocycles. The van der Waals surface area contributed by atoms with Crippen LogP contribution in [0.25, 0.3) is 0 Å². The lowest BCUT2D eigenvalue weighted by Crippen LogP contribution is -2.30. The van der Waals surface area contributed by atoms with Gasteiger partial charge in [-0.3, -0.25) is 0 Å². The second-order valence-corrected chi connectivity index (χ2v) is 6.98. The summed E-state index contributed by atoms with van der Waals surface area (Å²) in [6.07, 6.45) is 7.27. The molecular weight excluding hydrogens is 284 g/mol. The Bertz CT molecular complexity index is 639. The molecule has 1 aromatic carbocycles. The lowest BCUT2D eigenvalue weighted by Gasteiger charge is -2.44. The number of rotatable bonds is 3. The molecule has 1 N–H and O–H groups in total. The summed E-state index contributed by atoms with van der Waals surface area (Å²) in [5, 5.41) is 10.4. The minimum absolute atomic E-state index is 0.115. The van der Waals surface area contributed by atoms with Crippen LogP contribution < -0.4 is 0 Å². The van der Waals surface area contributed by atoms with Crippen molar-refractivity contribution in [3.8, 4) is 5.75 Å². The summed E-state index contributed by atoms with van der Waals surface area (Å²) in [6, 6.07) is 5.22. The van der Waals surface area contributed by atoms with Gasteiger partial charge in [0, 0.05) is 12.1 Å². The summed E-state index contributed by atoms with van der Waals surface area (Å²) < 4.78 is 5.80. The van der Waals surface area contributed by atoms with Gasteiger partial charge in [0.15, 0.2) is 0 Å². The van der Waals surface area contributed by atoms with Crippen LogP contribution in [0.1, 0.15) is 37.4 Å². The molecule has 0 radical (unpaired) electrons. The molecule has 1 saturated carbocycles. The molecule has 1 fully saturated rings. The van der Waals surface area contributed by atoms with Crippen molar-refractivity contribution in [3.63, 3.8) is 0 Å². The minimum Gasteiger partial charge on any atom is -0.508 e. The third-order valence-corrected chi connectivity index (χ3v) is 5.28. The van der Waals surface area contributed by atoms with Crippen LogP contribution in [0.4, 0.5) is 0 Å². The summed E-state index contributed by atoms with van der Waals surface area (Å²) in [5.74, 6) is 1.78. The highest BCUT2D eigenvalue weighted by molar-refractivity contribution is 6.30. The number of methoxy groups -OCH3 is 1. The first-order valence-electron chi connectivity index (χ1n) is 7.59. The van der Waals surface area contributed by atoms with Crippen molar-refractivity contribution in [1.82, 2.24) is 0 Å². The molecule has 2 nitrogen and oxygen atoms in total. The Morgan fingerprint density at radius 3 is 2.76 bits per heavy atom. The molecule has 3 unspecified atom stereocenters. The molecule has 0 spiro atoms. The van der Waals surface area contributed by atoms with E-state index in [2.05, 4.69) is 6.08 Å². The minimum atomic E-state index is -0.115. The highest BCUT2D eigenvalue weighted by Crippen LogP contribution is 2.53. The number of ether oxygens (including phenoxy) is 1. The molecule has 4 aliphatic rings. The van der Waals surface area contributed by atoms with Gasteiger partial charge in [0.05, 0.1) is 0 Å². The van der Waals surface area contributed by atoms with Gasteiger partial charge >= 0.3 is 0 Å². The van der Waals surface area contributed by atoms with E-state index >= 15 is 0 Å². The second kappa shape index (κ2) is 4.89. The first kappa shape index (κ1) is 13.4. The molecule has 110 valence electrons. The Morgan fingerprint density at radius 2 is 2.10 bits per heavy atom. The second-order valence-electron chi connectivity index (χ2n) is 6.54. The van der Waals surface area contributed by atoms with Crippen molar-refractivity contribution in [3.05, 3.63) is 51.6 Å².